The molecule has 168 valence electrons. The van der Waals surface area contributed by atoms with Crippen LogP contribution in [0.2, 0.25) is 10.2 Å². The highest BCUT2D eigenvalue weighted by Gasteiger charge is 2.32. The van der Waals surface area contributed by atoms with Gasteiger partial charge in [-0.1, -0.05) is 23.2 Å². The number of likely N-dealkylation sites (tertiary alicyclic amines) is 1. The zero-order valence-electron chi connectivity index (χ0n) is 17.8. The van der Waals surface area contributed by atoms with E-state index in [0.29, 0.717) is 11.6 Å². The van der Waals surface area contributed by atoms with E-state index < -0.39 is 0 Å². The molecule has 10 heteroatoms. The summed E-state index contributed by atoms with van der Waals surface area (Å²) in [4.78, 5) is 26.4. The predicted octanol–water partition coefficient (Wildman–Crippen LogP) is 3.64. The molecule has 2 atom stereocenters. The standard InChI is InChI=1S/C22H25Cl2N7O/c1-13-11-31-19(27-21(13)29-9-7-14(25)12-29)10-16(28-31)17-4-2-3-8-30(17)22(32)20-15(23)5-6-18(24)26-20/h5-6,10-11,14,17H,2-4,7-9,12,25H2,1H3/t14-,17-/m0/s1. The fraction of sp³-hybridized carbons (Fsp3) is 0.455. The van der Waals surface area contributed by atoms with Crippen molar-refractivity contribution in [3.63, 3.8) is 0 Å². The maximum atomic E-state index is 13.3. The number of piperidine rings is 1. The van der Waals surface area contributed by atoms with Crippen LogP contribution in [0, 0.1) is 6.92 Å². The van der Waals surface area contributed by atoms with Crippen molar-refractivity contribution >= 4 is 40.6 Å². The molecule has 0 aliphatic carbocycles. The molecular formula is C22H25Cl2N7O. The van der Waals surface area contributed by atoms with Gasteiger partial charge in [-0.3, -0.25) is 4.79 Å². The first-order chi connectivity index (χ1) is 15.4. The minimum Gasteiger partial charge on any atom is -0.355 e. The number of fused-ring (bicyclic) bond motifs is 1. The Hall–Kier alpha value is -2.42. The van der Waals surface area contributed by atoms with Gasteiger partial charge in [0.1, 0.15) is 16.7 Å². The molecule has 2 saturated heterocycles. The molecule has 0 radical (unpaired) electrons. The molecule has 2 aliphatic heterocycles. The molecule has 3 aromatic heterocycles. The maximum Gasteiger partial charge on any atom is 0.274 e. The lowest BCUT2D eigenvalue weighted by Crippen LogP contribution is -2.39. The zero-order valence-corrected chi connectivity index (χ0v) is 19.4. The van der Waals surface area contributed by atoms with Gasteiger partial charge in [0.05, 0.1) is 16.8 Å². The second-order valence-electron chi connectivity index (χ2n) is 8.59. The summed E-state index contributed by atoms with van der Waals surface area (Å²) in [5.41, 5.74) is 8.90. The van der Waals surface area contributed by atoms with Crippen LogP contribution >= 0.6 is 23.2 Å². The molecular weight excluding hydrogens is 449 g/mol. The normalized spacial score (nSPS) is 21.5. The average Bonchev–Trinajstić information content (AvgIpc) is 3.40. The number of halogens is 2. The lowest BCUT2D eigenvalue weighted by atomic mass is 9.99. The molecule has 0 aromatic carbocycles. The summed E-state index contributed by atoms with van der Waals surface area (Å²) in [5.74, 6) is 0.721. The van der Waals surface area contributed by atoms with Gasteiger partial charge in [-0.2, -0.15) is 5.10 Å². The number of hydrogen-bond donors (Lipinski definition) is 1. The van der Waals surface area contributed by atoms with Gasteiger partial charge in [0.15, 0.2) is 5.65 Å². The van der Waals surface area contributed by atoms with Crippen LogP contribution in [0.1, 0.15) is 53.5 Å². The number of aromatic nitrogens is 4. The zero-order chi connectivity index (χ0) is 22.4. The number of aryl methyl sites for hydroxylation is 1. The fourth-order valence-electron chi connectivity index (χ4n) is 4.67. The minimum absolute atomic E-state index is 0.168. The number of amides is 1. The number of hydrogen-bond acceptors (Lipinski definition) is 6. The topological polar surface area (TPSA) is 92.6 Å². The van der Waals surface area contributed by atoms with Crippen molar-refractivity contribution in [2.24, 2.45) is 5.73 Å². The van der Waals surface area contributed by atoms with Crippen LogP contribution < -0.4 is 10.6 Å². The van der Waals surface area contributed by atoms with Gasteiger partial charge in [-0.25, -0.2) is 14.5 Å². The molecule has 32 heavy (non-hydrogen) atoms. The number of anilines is 1. The van der Waals surface area contributed by atoms with Crippen LogP contribution in [-0.4, -0.2) is 56.1 Å². The van der Waals surface area contributed by atoms with E-state index >= 15 is 0 Å². The highest BCUT2D eigenvalue weighted by molar-refractivity contribution is 6.34. The van der Waals surface area contributed by atoms with Gasteiger partial charge in [0.2, 0.25) is 0 Å². The first-order valence-corrected chi connectivity index (χ1v) is 11.7. The van der Waals surface area contributed by atoms with Gasteiger partial charge < -0.3 is 15.5 Å². The largest absolute Gasteiger partial charge is 0.355 e. The molecule has 3 aromatic rings. The van der Waals surface area contributed by atoms with E-state index in [1.807, 2.05) is 24.1 Å². The van der Waals surface area contributed by atoms with Crippen molar-refractivity contribution in [2.75, 3.05) is 24.5 Å². The monoisotopic (exact) mass is 473 g/mol. The van der Waals surface area contributed by atoms with Gasteiger partial charge in [0, 0.05) is 43.5 Å². The number of rotatable bonds is 3. The summed E-state index contributed by atoms with van der Waals surface area (Å²) in [7, 11) is 0. The maximum absolute atomic E-state index is 13.3. The van der Waals surface area contributed by atoms with Gasteiger partial charge in [0.25, 0.3) is 5.91 Å². The number of nitrogens with two attached hydrogens (primary N) is 1. The van der Waals surface area contributed by atoms with E-state index in [0.717, 1.165) is 61.5 Å². The van der Waals surface area contributed by atoms with Crippen LogP contribution in [0.15, 0.2) is 24.4 Å². The summed E-state index contributed by atoms with van der Waals surface area (Å²) in [5, 5.41) is 5.32. The first kappa shape index (κ1) is 21.4. The van der Waals surface area contributed by atoms with Gasteiger partial charge in [-0.05, 0) is 44.7 Å². The van der Waals surface area contributed by atoms with Crippen LogP contribution in [0.25, 0.3) is 5.65 Å². The third-order valence-electron chi connectivity index (χ3n) is 6.27. The molecule has 1 amide bonds. The Balaban J connectivity index is 1.48. The molecule has 2 aliphatic rings. The number of carbonyl (C=O) groups excluding carboxylic acids is 1. The van der Waals surface area contributed by atoms with Crippen molar-refractivity contribution in [1.29, 1.82) is 0 Å². The van der Waals surface area contributed by atoms with Crippen LogP contribution in [0.4, 0.5) is 5.82 Å². The molecule has 8 nitrogen and oxygen atoms in total. The summed E-state index contributed by atoms with van der Waals surface area (Å²) >= 11 is 12.3. The van der Waals surface area contributed by atoms with E-state index in [9.17, 15) is 4.79 Å². The predicted molar refractivity (Wildman–Crippen MR) is 124 cm³/mol. The third kappa shape index (κ3) is 3.91. The highest BCUT2D eigenvalue weighted by atomic mass is 35.5. The molecule has 2 fully saturated rings. The molecule has 0 bridgehead atoms. The van der Waals surface area contributed by atoms with Crippen LogP contribution in [0.3, 0.4) is 0 Å². The van der Waals surface area contributed by atoms with E-state index in [1.54, 1.807) is 16.6 Å². The van der Waals surface area contributed by atoms with Crippen molar-refractivity contribution in [3.05, 3.63) is 51.5 Å². The summed E-state index contributed by atoms with van der Waals surface area (Å²) in [6.45, 7) is 4.37. The van der Waals surface area contributed by atoms with Gasteiger partial charge >= 0.3 is 0 Å². The van der Waals surface area contributed by atoms with Crippen molar-refractivity contribution < 1.29 is 4.79 Å². The first-order valence-electron chi connectivity index (χ1n) is 10.9. The Morgan fingerprint density at radius 3 is 2.78 bits per heavy atom. The lowest BCUT2D eigenvalue weighted by molar-refractivity contribution is 0.0600. The number of carbonyl (C=O) groups is 1. The summed E-state index contributed by atoms with van der Waals surface area (Å²) < 4.78 is 1.80. The lowest BCUT2D eigenvalue weighted by Gasteiger charge is -2.34. The third-order valence-corrected chi connectivity index (χ3v) is 6.78. The SMILES string of the molecule is Cc1cn2nc([C@@H]3CCCCN3C(=O)c3nc(Cl)ccc3Cl)cc2nc1N1CC[C@H](N)C1. The van der Waals surface area contributed by atoms with Crippen molar-refractivity contribution in [1.82, 2.24) is 24.5 Å². The van der Waals surface area contributed by atoms with E-state index in [4.69, 9.17) is 39.0 Å². The van der Waals surface area contributed by atoms with E-state index in [-0.39, 0.29) is 28.8 Å². The average molecular weight is 474 g/mol. The molecule has 0 spiro atoms. The molecule has 0 unspecified atom stereocenters. The second-order valence-corrected chi connectivity index (χ2v) is 9.38. The molecule has 0 saturated carbocycles. The Morgan fingerprint density at radius 2 is 2.00 bits per heavy atom. The quantitative estimate of drug-likeness (QED) is 0.583. The molecule has 5 heterocycles. The molecule has 2 N–H and O–H groups in total. The Kier molecular flexibility index (Phi) is 5.69. The number of pyridine rings is 1. The second kappa shape index (κ2) is 8.50. The van der Waals surface area contributed by atoms with Crippen molar-refractivity contribution in [2.45, 2.75) is 44.7 Å². The van der Waals surface area contributed by atoms with E-state index in [1.165, 1.54) is 0 Å². The minimum atomic E-state index is -0.227. The van der Waals surface area contributed by atoms with Gasteiger partial charge in [-0.15, -0.1) is 0 Å². The number of nitrogens with zero attached hydrogens (tertiary/aromatic N) is 6. The smallest absolute Gasteiger partial charge is 0.274 e. The fourth-order valence-corrected chi connectivity index (χ4v) is 5.00. The van der Waals surface area contributed by atoms with Crippen LogP contribution in [-0.2, 0) is 0 Å². The van der Waals surface area contributed by atoms with Crippen molar-refractivity contribution in [3.8, 4) is 0 Å². The van der Waals surface area contributed by atoms with E-state index in [2.05, 4.69) is 9.88 Å². The molecule has 5 rings (SSSR count). The Morgan fingerprint density at radius 1 is 1.16 bits per heavy atom. The summed E-state index contributed by atoms with van der Waals surface area (Å²) in [6, 6.07) is 5.17. The Bertz CT molecular complexity index is 1180. The Labute approximate surface area is 196 Å². The van der Waals surface area contributed by atoms with Crippen LogP contribution in [0.5, 0.6) is 0 Å². The summed E-state index contributed by atoms with van der Waals surface area (Å²) in [6.07, 6.45) is 5.72. The highest BCUT2D eigenvalue weighted by Crippen LogP contribution is 2.33.